The predicted octanol–water partition coefficient (Wildman–Crippen LogP) is 3.11. The third-order valence-corrected chi connectivity index (χ3v) is 3.62. The topological polar surface area (TPSA) is 41.9 Å². The van der Waals surface area contributed by atoms with Crippen molar-refractivity contribution in [2.24, 2.45) is 5.92 Å². The number of aliphatic hydroxyl groups excluding tert-OH is 1. The van der Waals surface area contributed by atoms with Gasteiger partial charge >= 0.3 is 0 Å². The molecule has 0 bridgehead atoms. The standard InChI is InChI=1S/C19H31NO3/c1-5-12-23-15-18(21)14-20(11-10-16(2)3)13-17-8-6-7-9-19(17)22-4/h5-9,16,18,21H,1,10-15H2,2-4H3/t18-/m0/s1. The molecule has 0 saturated carbocycles. The molecule has 0 aliphatic rings. The van der Waals surface area contributed by atoms with Crippen LogP contribution in [0.4, 0.5) is 0 Å². The number of para-hydroxylation sites is 1. The largest absolute Gasteiger partial charge is 0.496 e. The first kappa shape index (κ1) is 19.7. The molecular weight excluding hydrogens is 290 g/mol. The maximum atomic E-state index is 10.2. The van der Waals surface area contributed by atoms with E-state index in [1.807, 2.05) is 18.2 Å². The van der Waals surface area contributed by atoms with E-state index in [1.165, 1.54) is 0 Å². The van der Waals surface area contributed by atoms with Gasteiger partial charge < -0.3 is 14.6 Å². The molecule has 0 aromatic heterocycles. The molecule has 0 fully saturated rings. The summed E-state index contributed by atoms with van der Waals surface area (Å²) in [5, 5.41) is 10.2. The van der Waals surface area contributed by atoms with Crippen molar-refractivity contribution in [1.29, 1.82) is 0 Å². The van der Waals surface area contributed by atoms with Crippen molar-refractivity contribution in [2.75, 3.05) is 33.4 Å². The molecule has 130 valence electrons. The molecule has 0 aliphatic carbocycles. The molecule has 1 aromatic carbocycles. The Morgan fingerprint density at radius 3 is 2.70 bits per heavy atom. The summed E-state index contributed by atoms with van der Waals surface area (Å²) in [5.74, 6) is 1.52. The minimum absolute atomic E-state index is 0.329. The van der Waals surface area contributed by atoms with E-state index in [4.69, 9.17) is 9.47 Å². The average molecular weight is 321 g/mol. The Bertz CT molecular complexity index is 448. The normalized spacial score (nSPS) is 12.6. The summed E-state index contributed by atoms with van der Waals surface area (Å²) in [6, 6.07) is 8.03. The second kappa shape index (κ2) is 11.2. The summed E-state index contributed by atoms with van der Waals surface area (Å²) >= 11 is 0. The van der Waals surface area contributed by atoms with Crippen molar-refractivity contribution in [3.63, 3.8) is 0 Å². The lowest BCUT2D eigenvalue weighted by molar-refractivity contribution is 0.0236. The van der Waals surface area contributed by atoms with Crippen molar-refractivity contribution in [3.05, 3.63) is 42.5 Å². The van der Waals surface area contributed by atoms with Gasteiger partial charge in [-0.3, -0.25) is 4.90 Å². The highest BCUT2D eigenvalue weighted by Gasteiger charge is 2.15. The maximum Gasteiger partial charge on any atom is 0.123 e. The summed E-state index contributed by atoms with van der Waals surface area (Å²) in [6.07, 6.45) is 2.28. The zero-order valence-electron chi connectivity index (χ0n) is 14.7. The number of aliphatic hydroxyl groups is 1. The molecule has 1 N–H and O–H groups in total. The monoisotopic (exact) mass is 321 g/mol. The van der Waals surface area contributed by atoms with Gasteiger partial charge in [0.25, 0.3) is 0 Å². The van der Waals surface area contributed by atoms with Gasteiger partial charge in [-0.05, 0) is 24.9 Å². The Balaban J connectivity index is 2.65. The fourth-order valence-corrected chi connectivity index (χ4v) is 2.39. The Hall–Kier alpha value is -1.36. The van der Waals surface area contributed by atoms with Crippen molar-refractivity contribution >= 4 is 0 Å². The third-order valence-electron chi connectivity index (χ3n) is 3.62. The molecule has 23 heavy (non-hydrogen) atoms. The third kappa shape index (κ3) is 8.16. The van der Waals surface area contributed by atoms with E-state index in [2.05, 4.69) is 31.4 Å². The number of ether oxygens (including phenoxy) is 2. The summed E-state index contributed by atoms with van der Waals surface area (Å²) < 4.78 is 10.8. The van der Waals surface area contributed by atoms with Crippen LogP contribution in [0.3, 0.4) is 0 Å². The Labute approximate surface area is 140 Å². The lowest BCUT2D eigenvalue weighted by atomic mass is 10.1. The van der Waals surface area contributed by atoms with Crippen molar-refractivity contribution < 1.29 is 14.6 Å². The molecule has 0 aliphatic heterocycles. The highest BCUT2D eigenvalue weighted by molar-refractivity contribution is 5.33. The van der Waals surface area contributed by atoms with Crippen LogP contribution >= 0.6 is 0 Å². The minimum atomic E-state index is -0.503. The van der Waals surface area contributed by atoms with Crippen molar-refractivity contribution in [2.45, 2.75) is 32.9 Å². The van der Waals surface area contributed by atoms with Crippen LogP contribution in [0.5, 0.6) is 5.75 Å². The van der Waals surface area contributed by atoms with Gasteiger partial charge in [0.1, 0.15) is 5.75 Å². The molecule has 1 rings (SSSR count). The number of rotatable bonds is 12. The molecule has 4 heteroatoms. The van der Waals surface area contributed by atoms with Crippen LogP contribution in [0.2, 0.25) is 0 Å². The highest BCUT2D eigenvalue weighted by Crippen LogP contribution is 2.20. The number of nitrogens with zero attached hydrogens (tertiary/aromatic N) is 1. The Morgan fingerprint density at radius 1 is 1.30 bits per heavy atom. The maximum absolute atomic E-state index is 10.2. The fourth-order valence-electron chi connectivity index (χ4n) is 2.39. The van der Waals surface area contributed by atoms with Crippen LogP contribution in [0.25, 0.3) is 0 Å². The molecule has 4 nitrogen and oxygen atoms in total. The molecule has 0 heterocycles. The smallest absolute Gasteiger partial charge is 0.123 e. The van der Waals surface area contributed by atoms with Crippen LogP contribution in [0.15, 0.2) is 36.9 Å². The van der Waals surface area contributed by atoms with Crippen LogP contribution < -0.4 is 4.74 Å². The van der Waals surface area contributed by atoms with Crippen LogP contribution in [0.1, 0.15) is 25.8 Å². The predicted molar refractivity (Wildman–Crippen MR) is 94.7 cm³/mol. The number of benzene rings is 1. The first-order chi connectivity index (χ1) is 11.1. The van der Waals surface area contributed by atoms with Gasteiger partial charge in [-0.1, -0.05) is 38.1 Å². The van der Waals surface area contributed by atoms with Gasteiger partial charge in [-0.2, -0.15) is 0 Å². The lowest BCUT2D eigenvalue weighted by Crippen LogP contribution is -2.35. The molecule has 0 radical (unpaired) electrons. The van der Waals surface area contributed by atoms with E-state index in [9.17, 15) is 5.11 Å². The summed E-state index contributed by atoms with van der Waals surface area (Å²) in [5.41, 5.74) is 1.14. The molecular formula is C19H31NO3. The van der Waals surface area contributed by atoms with Gasteiger partial charge in [0, 0.05) is 18.7 Å². The van der Waals surface area contributed by atoms with Crippen LogP contribution in [0, 0.1) is 5.92 Å². The average Bonchev–Trinajstić information content (AvgIpc) is 2.53. The van der Waals surface area contributed by atoms with Crippen molar-refractivity contribution in [1.82, 2.24) is 4.90 Å². The minimum Gasteiger partial charge on any atom is -0.496 e. The van der Waals surface area contributed by atoms with E-state index >= 15 is 0 Å². The van der Waals surface area contributed by atoms with Gasteiger partial charge in [0.05, 0.1) is 26.4 Å². The van der Waals surface area contributed by atoms with Gasteiger partial charge in [0.15, 0.2) is 0 Å². The zero-order chi connectivity index (χ0) is 17.1. The van der Waals surface area contributed by atoms with Gasteiger partial charge in [-0.25, -0.2) is 0 Å². The summed E-state index contributed by atoms with van der Waals surface area (Å²) in [7, 11) is 1.69. The van der Waals surface area contributed by atoms with E-state index in [1.54, 1.807) is 13.2 Å². The van der Waals surface area contributed by atoms with Crippen LogP contribution in [-0.4, -0.2) is 49.5 Å². The highest BCUT2D eigenvalue weighted by atomic mass is 16.5. The van der Waals surface area contributed by atoms with E-state index < -0.39 is 6.10 Å². The molecule has 0 saturated heterocycles. The summed E-state index contributed by atoms with van der Waals surface area (Å²) in [6.45, 7) is 11.1. The zero-order valence-corrected chi connectivity index (χ0v) is 14.7. The summed E-state index contributed by atoms with van der Waals surface area (Å²) in [4.78, 5) is 2.26. The first-order valence-electron chi connectivity index (χ1n) is 8.27. The quantitative estimate of drug-likeness (QED) is 0.474. The first-order valence-corrected chi connectivity index (χ1v) is 8.27. The second-order valence-corrected chi connectivity index (χ2v) is 6.21. The van der Waals surface area contributed by atoms with E-state index in [0.29, 0.717) is 25.7 Å². The van der Waals surface area contributed by atoms with E-state index in [-0.39, 0.29) is 0 Å². The molecule has 0 unspecified atom stereocenters. The molecule has 0 amide bonds. The second-order valence-electron chi connectivity index (χ2n) is 6.21. The molecule has 1 atom stereocenters. The number of hydrogen-bond acceptors (Lipinski definition) is 4. The fraction of sp³-hybridized carbons (Fsp3) is 0.579. The van der Waals surface area contributed by atoms with Crippen molar-refractivity contribution in [3.8, 4) is 5.75 Å². The molecule has 0 spiro atoms. The van der Waals surface area contributed by atoms with Gasteiger partial charge in [-0.15, -0.1) is 6.58 Å². The Morgan fingerprint density at radius 2 is 2.04 bits per heavy atom. The SMILES string of the molecule is C=CCOC[C@@H](O)CN(CCC(C)C)Cc1ccccc1OC. The Kier molecular flexibility index (Phi) is 9.60. The van der Waals surface area contributed by atoms with E-state index in [0.717, 1.165) is 30.8 Å². The number of methoxy groups -OCH3 is 1. The van der Waals surface area contributed by atoms with Gasteiger partial charge in [0.2, 0.25) is 0 Å². The van der Waals surface area contributed by atoms with Crippen LogP contribution in [-0.2, 0) is 11.3 Å². The lowest BCUT2D eigenvalue weighted by Gasteiger charge is -2.26. The molecule has 1 aromatic rings. The number of hydrogen-bond donors (Lipinski definition) is 1.